The van der Waals surface area contributed by atoms with Gasteiger partial charge in [-0.25, -0.2) is 0 Å². The zero-order chi connectivity index (χ0) is 14.4. The summed E-state index contributed by atoms with van der Waals surface area (Å²) in [6, 6.07) is 0. The number of hydrogen-bond donors (Lipinski definition) is 1. The number of aliphatic hydroxyl groups is 1. The third-order valence-electron chi connectivity index (χ3n) is 4.17. The van der Waals surface area contributed by atoms with E-state index in [2.05, 4.69) is 23.2 Å². The van der Waals surface area contributed by atoms with Crippen LogP contribution < -0.4 is 58.2 Å². The van der Waals surface area contributed by atoms with Crippen molar-refractivity contribution in [1.82, 2.24) is 14.5 Å². The Hall–Kier alpha value is -0.655. The summed E-state index contributed by atoms with van der Waals surface area (Å²) in [6.07, 6.45) is 5.45. The molecule has 110 valence electrons. The number of aliphatic hydroxyl groups excluding tert-OH is 1. The minimum Gasteiger partial charge on any atom is -0.558 e. The molecule has 3 rings (SSSR count). The molecule has 1 fully saturated rings. The molecule has 2 aromatic heterocycles. The third-order valence-corrected chi connectivity index (χ3v) is 4.17. The first kappa shape index (κ1) is 19.4. The van der Waals surface area contributed by atoms with Crippen LogP contribution in [0.3, 0.4) is 0 Å². The van der Waals surface area contributed by atoms with Crippen LogP contribution in [0.2, 0.25) is 0 Å². The number of aromatic nitrogens is 3. The van der Waals surface area contributed by atoms with Crippen molar-refractivity contribution < 1.29 is 68.0 Å². The van der Waals surface area contributed by atoms with Crippen molar-refractivity contribution in [3.8, 4) is 0 Å². The van der Waals surface area contributed by atoms with Crippen molar-refractivity contribution in [2.45, 2.75) is 46.4 Å². The number of ether oxygens (including phenoxy) is 1. The molecule has 0 unspecified atom stereocenters. The maximum absolute atomic E-state index is 10.4. The van der Waals surface area contributed by atoms with E-state index in [9.17, 15) is 5.11 Å². The molecule has 0 saturated carbocycles. The van der Waals surface area contributed by atoms with Gasteiger partial charge in [0.25, 0.3) is 0 Å². The third kappa shape index (κ3) is 2.90. The second-order valence-corrected chi connectivity index (χ2v) is 5.48. The Balaban J connectivity index is 0.00000121. The van der Waals surface area contributed by atoms with Crippen LogP contribution in [0.15, 0.2) is 6.20 Å². The summed E-state index contributed by atoms with van der Waals surface area (Å²) >= 11 is 0. The van der Waals surface area contributed by atoms with Crippen LogP contribution >= 0.6 is 0 Å². The van der Waals surface area contributed by atoms with E-state index in [1.54, 1.807) is 0 Å². The summed E-state index contributed by atoms with van der Waals surface area (Å²) < 4.78 is 7.87. The molecule has 22 heavy (non-hydrogen) atoms. The summed E-state index contributed by atoms with van der Waals surface area (Å²) in [6.45, 7) is 8.01. The Labute approximate surface area is 173 Å². The van der Waals surface area contributed by atoms with Gasteiger partial charge in [-0.3, -0.25) is 0 Å². The largest absolute Gasteiger partial charge is 1.00 e. The molecule has 0 spiro atoms. The van der Waals surface area contributed by atoms with E-state index in [0.717, 1.165) is 28.7 Å². The van der Waals surface area contributed by atoms with Crippen LogP contribution in [-0.4, -0.2) is 25.7 Å². The fraction of sp³-hybridized carbons (Fsp3) is 0.533. The molecule has 1 saturated heterocycles. The Morgan fingerprint density at radius 1 is 1.41 bits per heavy atom. The summed E-state index contributed by atoms with van der Waals surface area (Å²) in [5, 5.41) is 11.4. The molecule has 3 atom stereocenters. The van der Waals surface area contributed by atoms with E-state index >= 15 is 0 Å². The SMILES string of the molecule is CC[C@H]1O[C@@H](n2cc(C)c3c(C)n[c-]nc32)[C-](O)[C@@H]1C.[Rb+].[Rf]. The van der Waals surface area contributed by atoms with Crippen molar-refractivity contribution in [3.05, 3.63) is 29.9 Å². The van der Waals surface area contributed by atoms with E-state index in [1.165, 1.54) is 0 Å². The monoisotopic (exact) mass is 625 g/mol. The molecule has 1 aliphatic rings. The second-order valence-electron chi connectivity index (χ2n) is 5.48. The Bertz CT molecular complexity index is 649. The minimum absolute atomic E-state index is 0. The van der Waals surface area contributed by atoms with Gasteiger partial charge in [0, 0.05) is 24.3 Å². The topological polar surface area (TPSA) is 60.2 Å². The molecule has 7 heteroatoms. The minimum atomic E-state index is -0.464. The van der Waals surface area contributed by atoms with Gasteiger partial charge in [-0.05, 0) is 25.1 Å². The fourth-order valence-electron chi connectivity index (χ4n) is 3.01. The Kier molecular flexibility index (Phi) is 6.41. The van der Waals surface area contributed by atoms with E-state index in [-0.39, 0.29) is 70.2 Å². The second kappa shape index (κ2) is 7.28. The van der Waals surface area contributed by atoms with Gasteiger partial charge in [0.05, 0.1) is 0 Å². The number of fused-ring (bicyclic) bond motifs is 1. The van der Waals surface area contributed by atoms with Gasteiger partial charge >= 0.3 is 58.2 Å². The molecule has 2 aromatic rings. The molecular formula is C15H19N3O2RbRf-. The summed E-state index contributed by atoms with van der Waals surface area (Å²) in [5.74, 6) is 0.0367. The smallest absolute Gasteiger partial charge is 0.558 e. The van der Waals surface area contributed by atoms with Crippen LogP contribution in [0.1, 0.15) is 37.8 Å². The van der Waals surface area contributed by atoms with Crippen LogP contribution in [0.25, 0.3) is 11.0 Å². The van der Waals surface area contributed by atoms with Gasteiger partial charge in [0.2, 0.25) is 0 Å². The Morgan fingerprint density at radius 2 is 2.09 bits per heavy atom. The number of nitrogens with zero attached hydrogens (tertiary/aromatic N) is 3. The average Bonchev–Trinajstić information content (AvgIpc) is 2.90. The quantitative estimate of drug-likeness (QED) is 0.466. The Morgan fingerprint density at radius 3 is 2.68 bits per heavy atom. The predicted octanol–water partition coefficient (Wildman–Crippen LogP) is -0.300. The van der Waals surface area contributed by atoms with Crippen LogP contribution in [0, 0.1) is 32.2 Å². The first-order valence-corrected chi connectivity index (χ1v) is 6.97. The summed E-state index contributed by atoms with van der Waals surface area (Å²) in [7, 11) is 0. The van der Waals surface area contributed by atoms with Gasteiger partial charge in [0.15, 0.2) is 0 Å². The number of aryl methyl sites for hydroxylation is 2. The molecular weight excluding hydrogens is 607 g/mol. The number of rotatable bonds is 2. The standard InChI is InChI=1S/C15H19N3O2.Rb.Rf/c1-5-11-9(3)13(19)15(20-11)18-6-8(2)12-10(4)16-7-17-14(12)18;;/h6,9,11,15,19H,5H2,1-4H3;;/q-2;+1;/t9-,11-,15-;;/m1../s1. The van der Waals surface area contributed by atoms with E-state index in [0.29, 0.717) is 6.10 Å². The van der Waals surface area contributed by atoms with E-state index < -0.39 is 6.23 Å². The van der Waals surface area contributed by atoms with Crippen molar-refractivity contribution >= 4 is 11.0 Å². The summed E-state index contributed by atoms with van der Waals surface area (Å²) in [5.41, 5.74) is 2.73. The average molecular weight is 626 g/mol. The van der Waals surface area contributed by atoms with Crippen LogP contribution in [0.4, 0.5) is 0 Å². The summed E-state index contributed by atoms with van der Waals surface area (Å²) in [4.78, 5) is 8.35. The van der Waals surface area contributed by atoms with E-state index in [4.69, 9.17) is 4.74 Å². The number of hydrogen-bond acceptors (Lipinski definition) is 4. The van der Waals surface area contributed by atoms with Crippen molar-refractivity contribution in [2.75, 3.05) is 0 Å². The van der Waals surface area contributed by atoms with Crippen molar-refractivity contribution in [3.63, 3.8) is 0 Å². The molecule has 0 aromatic carbocycles. The first-order valence-electron chi connectivity index (χ1n) is 6.97. The van der Waals surface area contributed by atoms with Gasteiger partial charge in [0.1, 0.15) is 0 Å². The molecule has 5 nitrogen and oxygen atoms in total. The van der Waals surface area contributed by atoms with Crippen LogP contribution in [0.5, 0.6) is 0 Å². The normalized spacial score (nSPS) is 25.0. The molecule has 0 bridgehead atoms. The predicted molar refractivity (Wildman–Crippen MR) is 74.4 cm³/mol. The maximum Gasteiger partial charge on any atom is 1.00 e. The van der Waals surface area contributed by atoms with Gasteiger partial charge in [-0.1, -0.05) is 31.9 Å². The first-order chi connectivity index (χ1) is 9.54. The molecule has 1 aliphatic heterocycles. The molecule has 0 radical (unpaired) electrons. The maximum atomic E-state index is 10.4. The fourth-order valence-corrected chi connectivity index (χ4v) is 3.01. The van der Waals surface area contributed by atoms with E-state index in [1.807, 2.05) is 31.5 Å². The van der Waals surface area contributed by atoms with Crippen LogP contribution in [-0.2, 0) is 4.74 Å². The van der Waals surface area contributed by atoms with Gasteiger partial charge in [-0.2, -0.15) is 0 Å². The molecule has 0 amide bonds. The zero-order valence-electron chi connectivity index (χ0n) is 13.9. The molecule has 0 aliphatic carbocycles. The van der Waals surface area contributed by atoms with Gasteiger partial charge < -0.3 is 24.4 Å². The van der Waals surface area contributed by atoms with Gasteiger partial charge in [-0.15, -0.1) is 12.0 Å². The van der Waals surface area contributed by atoms with Crippen molar-refractivity contribution in [2.24, 2.45) is 5.92 Å². The molecule has 3 heterocycles. The zero-order valence-corrected chi connectivity index (χ0v) is 25.2. The van der Waals surface area contributed by atoms with Crippen molar-refractivity contribution in [1.29, 1.82) is 0 Å². The molecule has 1 N–H and O–H groups in total.